The number of carbonyl (C=O) groups is 1. The van der Waals surface area contributed by atoms with E-state index in [1.54, 1.807) is 7.05 Å². The summed E-state index contributed by atoms with van der Waals surface area (Å²) in [6, 6.07) is 7.71. The monoisotopic (exact) mass is 286 g/mol. The van der Waals surface area contributed by atoms with Crippen molar-refractivity contribution in [3.05, 3.63) is 30.0 Å². The molecule has 1 amide bonds. The Bertz CT molecular complexity index is 654. The predicted octanol–water partition coefficient (Wildman–Crippen LogP) is 2.09. The molecule has 0 atom stereocenters. The molecule has 1 aromatic heterocycles. The van der Waals surface area contributed by atoms with Crippen molar-refractivity contribution >= 4 is 28.2 Å². The number of amides is 1. The maximum absolute atomic E-state index is 11.8. The molecule has 2 aromatic rings. The molecule has 0 aliphatic carbocycles. The second-order valence-electron chi connectivity index (χ2n) is 5.15. The number of nitrogens with one attached hydrogen (secondary N) is 1. The number of benzene rings is 1. The van der Waals surface area contributed by atoms with Crippen molar-refractivity contribution in [3.63, 3.8) is 0 Å². The van der Waals surface area contributed by atoms with Crippen LogP contribution in [0.25, 0.3) is 10.9 Å². The van der Waals surface area contributed by atoms with Gasteiger partial charge in [0.25, 0.3) is 0 Å². The Morgan fingerprint density at radius 3 is 2.81 bits per heavy atom. The van der Waals surface area contributed by atoms with Gasteiger partial charge in [0.1, 0.15) is 0 Å². The third-order valence-corrected chi connectivity index (χ3v) is 3.39. The summed E-state index contributed by atoms with van der Waals surface area (Å²) in [5.41, 5.74) is 9.45. The Hall–Kier alpha value is -2.30. The molecule has 0 aliphatic rings. The molecule has 3 N–H and O–H groups in total. The highest BCUT2D eigenvalue weighted by Gasteiger charge is 2.14. The van der Waals surface area contributed by atoms with Crippen LogP contribution in [0, 0.1) is 6.92 Å². The van der Waals surface area contributed by atoms with Gasteiger partial charge in [0.15, 0.2) is 0 Å². The van der Waals surface area contributed by atoms with Crippen LogP contribution in [0.2, 0.25) is 0 Å². The molecule has 0 saturated carbocycles. The molecule has 0 spiro atoms. The van der Waals surface area contributed by atoms with Crippen molar-refractivity contribution in [3.8, 4) is 0 Å². The van der Waals surface area contributed by atoms with Gasteiger partial charge in [-0.05, 0) is 37.6 Å². The minimum atomic E-state index is -0.00466. The fraction of sp³-hybridized carbons (Fsp3) is 0.375. The van der Waals surface area contributed by atoms with Gasteiger partial charge in [0.05, 0.1) is 12.1 Å². The van der Waals surface area contributed by atoms with E-state index in [1.165, 1.54) is 0 Å². The summed E-state index contributed by atoms with van der Waals surface area (Å²) in [7, 11) is 1.65. The number of anilines is 2. The van der Waals surface area contributed by atoms with Crippen molar-refractivity contribution in [1.29, 1.82) is 0 Å². The van der Waals surface area contributed by atoms with Gasteiger partial charge in [-0.1, -0.05) is 6.92 Å². The lowest BCUT2D eigenvalue weighted by Gasteiger charge is -2.25. The van der Waals surface area contributed by atoms with Gasteiger partial charge in [-0.2, -0.15) is 0 Å². The number of likely N-dealkylation sites (N-methyl/N-ethyl adjacent to an activating group) is 1. The molecular formula is C16H22N4O. The van der Waals surface area contributed by atoms with Crippen LogP contribution in [0.1, 0.15) is 19.0 Å². The number of nitrogens with zero attached hydrogens (tertiary/aromatic N) is 2. The molecule has 0 saturated heterocycles. The Labute approximate surface area is 125 Å². The van der Waals surface area contributed by atoms with Crippen LogP contribution >= 0.6 is 0 Å². The van der Waals surface area contributed by atoms with Crippen molar-refractivity contribution in [2.45, 2.75) is 20.3 Å². The fourth-order valence-electron chi connectivity index (χ4n) is 2.42. The van der Waals surface area contributed by atoms with E-state index in [0.717, 1.165) is 35.2 Å². The predicted molar refractivity (Wildman–Crippen MR) is 87.5 cm³/mol. The number of aryl methyl sites for hydroxylation is 1. The van der Waals surface area contributed by atoms with Gasteiger partial charge in [0, 0.05) is 36.0 Å². The molecule has 1 aromatic carbocycles. The van der Waals surface area contributed by atoms with Crippen molar-refractivity contribution in [2.75, 3.05) is 30.8 Å². The maximum atomic E-state index is 11.8. The number of nitrogen functional groups attached to an aromatic ring is 1. The maximum Gasteiger partial charge on any atom is 0.239 e. The lowest BCUT2D eigenvalue weighted by Crippen LogP contribution is -2.36. The Morgan fingerprint density at radius 1 is 1.38 bits per heavy atom. The summed E-state index contributed by atoms with van der Waals surface area (Å²) < 4.78 is 0. The first kappa shape index (κ1) is 15.1. The van der Waals surface area contributed by atoms with Crippen molar-refractivity contribution in [1.82, 2.24) is 10.3 Å². The van der Waals surface area contributed by atoms with E-state index in [9.17, 15) is 4.79 Å². The number of hydrogen-bond donors (Lipinski definition) is 2. The van der Waals surface area contributed by atoms with E-state index >= 15 is 0 Å². The van der Waals surface area contributed by atoms with Crippen LogP contribution in [0.15, 0.2) is 24.3 Å². The largest absolute Gasteiger partial charge is 0.399 e. The highest BCUT2D eigenvalue weighted by molar-refractivity contribution is 5.95. The summed E-state index contributed by atoms with van der Waals surface area (Å²) in [5, 5.41) is 3.66. The number of aromatic nitrogens is 1. The van der Waals surface area contributed by atoms with Gasteiger partial charge in [0.2, 0.25) is 5.91 Å². The van der Waals surface area contributed by atoms with Crippen molar-refractivity contribution in [2.24, 2.45) is 0 Å². The minimum absolute atomic E-state index is 0.00466. The number of fused-ring (bicyclic) bond motifs is 1. The van der Waals surface area contributed by atoms with Crippen LogP contribution in [0.5, 0.6) is 0 Å². The van der Waals surface area contributed by atoms with Crippen LogP contribution in [-0.4, -0.2) is 31.0 Å². The standard InChI is InChI=1S/C16H22N4O/c1-4-7-20(10-16(21)18-3)15-8-11(2)19-14-6-5-12(17)9-13(14)15/h5-6,8-9H,4,7,10,17H2,1-3H3,(H,18,21). The van der Waals surface area contributed by atoms with Gasteiger partial charge in [-0.3, -0.25) is 9.78 Å². The number of hydrogen-bond acceptors (Lipinski definition) is 4. The number of pyridine rings is 1. The van der Waals surface area contributed by atoms with E-state index in [-0.39, 0.29) is 5.91 Å². The lowest BCUT2D eigenvalue weighted by atomic mass is 10.1. The fourth-order valence-corrected chi connectivity index (χ4v) is 2.42. The zero-order chi connectivity index (χ0) is 15.4. The molecule has 0 fully saturated rings. The molecule has 0 radical (unpaired) electrons. The first-order valence-electron chi connectivity index (χ1n) is 7.17. The van der Waals surface area contributed by atoms with Crippen LogP contribution in [0.3, 0.4) is 0 Å². The second kappa shape index (κ2) is 6.43. The molecule has 1 heterocycles. The second-order valence-corrected chi connectivity index (χ2v) is 5.15. The molecule has 0 bridgehead atoms. The highest BCUT2D eigenvalue weighted by Crippen LogP contribution is 2.28. The molecule has 21 heavy (non-hydrogen) atoms. The Balaban J connectivity index is 2.54. The summed E-state index contributed by atoms with van der Waals surface area (Å²) in [6.45, 7) is 5.20. The average molecular weight is 286 g/mol. The van der Waals surface area contributed by atoms with Gasteiger partial charge in [-0.15, -0.1) is 0 Å². The first-order chi connectivity index (χ1) is 10.0. The molecular weight excluding hydrogens is 264 g/mol. The van der Waals surface area contributed by atoms with E-state index in [2.05, 4.69) is 22.1 Å². The molecule has 0 aliphatic heterocycles. The zero-order valence-electron chi connectivity index (χ0n) is 12.8. The smallest absolute Gasteiger partial charge is 0.239 e. The van der Waals surface area contributed by atoms with E-state index in [4.69, 9.17) is 5.73 Å². The van der Waals surface area contributed by atoms with Gasteiger partial charge in [-0.25, -0.2) is 0 Å². The van der Waals surface area contributed by atoms with Crippen molar-refractivity contribution < 1.29 is 4.79 Å². The van der Waals surface area contributed by atoms with E-state index in [1.807, 2.05) is 31.2 Å². The summed E-state index contributed by atoms with van der Waals surface area (Å²) >= 11 is 0. The zero-order valence-corrected chi connectivity index (χ0v) is 12.8. The average Bonchev–Trinajstić information content (AvgIpc) is 2.46. The first-order valence-corrected chi connectivity index (χ1v) is 7.17. The Kier molecular flexibility index (Phi) is 4.62. The van der Waals surface area contributed by atoms with E-state index in [0.29, 0.717) is 12.2 Å². The normalized spacial score (nSPS) is 10.6. The molecule has 5 heteroatoms. The van der Waals surface area contributed by atoms with E-state index < -0.39 is 0 Å². The quantitative estimate of drug-likeness (QED) is 0.826. The van der Waals surface area contributed by atoms with Gasteiger partial charge < -0.3 is 16.0 Å². The van der Waals surface area contributed by atoms with Crippen LogP contribution < -0.4 is 16.0 Å². The summed E-state index contributed by atoms with van der Waals surface area (Å²) in [5.74, 6) is -0.00466. The summed E-state index contributed by atoms with van der Waals surface area (Å²) in [4.78, 5) is 18.4. The third kappa shape index (κ3) is 3.42. The molecule has 0 unspecified atom stereocenters. The molecule has 112 valence electrons. The minimum Gasteiger partial charge on any atom is -0.399 e. The number of carbonyl (C=O) groups excluding carboxylic acids is 1. The lowest BCUT2D eigenvalue weighted by molar-refractivity contribution is -0.119. The number of rotatable bonds is 5. The number of nitrogens with two attached hydrogens (primary N) is 1. The Morgan fingerprint density at radius 2 is 2.14 bits per heavy atom. The summed E-state index contributed by atoms with van der Waals surface area (Å²) in [6.07, 6.45) is 0.960. The van der Waals surface area contributed by atoms with Gasteiger partial charge >= 0.3 is 0 Å². The molecule has 2 rings (SSSR count). The third-order valence-electron chi connectivity index (χ3n) is 3.39. The van der Waals surface area contributed by atoms with Crippen LogP contribution in [-0.2, 0) is 4.79 Å². The SMILES string of the molecule is CCCN(CC(=O)NC)c1cc(C)nc2ccc(N)cc12. The van der Waals surface area contributed by atoms with Crippen LogP contribution in [0.4, 0.5) is 11.4 Å². The molecule has 5 nitrogen and oxygen atoms in total. The topological polar surface area (TPSA) is 71.2 Å². The highest BCUT2D eigenvalue weighted by atomic mass is 16.1.